The van der Waals surface area contributed by atoms with Crippen molar-refractivity contribution in [1.82, 2.24) is 10.3 Å². The molecule has 0 radical (unpaired) electrons. The zero-order valence-electron chi connectivity index (χ0n) is 14.2. The molecule has 1 aromatic carbocycles. The van der Waals surface area contributed by atoms with Gasteiger partial charge in [-0.15, -0.1) is 0 Å². The molecule has 3 rings (SSSR count). The first-order chi connectivity index (χ1) is 12.0. The smallest absolute Gasteiger partial charge is 0.320 e. The average molecular weight is 340 g/mol. The van der Waals surface area contributed by atoms with Crippen LogP contribution in [0.1, 0.15) is 12.1 Å². The number of rotatable bonds is 4. The lowest BCUT2D eigenvalue weighted by atomic mass is 10.2. The van der Waals surface area contributed by atoms with Gasteiger partial charge in [-0.2, -0.15) is 0 Å². The monoisotopic (exact) mass is 340 g/mol. The molecule has 1 fully saturated rings. The van der Waals surface area contributed by atoms with Gasteiger partial charge in [0.15, 0.2) is 0 Å². The molecule has 0 bridgehead atoms. The summed E-state index contributed by atoms with van der Waals surface area (Å²) in [6, 6.07) is 12.1. The Bertz CT molecular complexity index is 793. The Morgan fingerprint density at radius 1 is 1.28 bits per heavy atom. The molecular formula is C18H20N4O3. The first-order valence-corrected chi connectivity index (χ1v) is 8.01. The van der Waals surface area contributed by atoms with Crippen LogP contribution in [0.15, 0.2) is 42.5 Å². The number of urea groups is 1. The van der Waals surface area contributed by atoms with Crippen molar-refractivity contribution in [3.8, 4) is 5.75 Å². The third-order valence-electron chi connectivity index (χ3n) is 3.96. The summed E-state index contributed by atoms with van der Waals surface area (Å²) in [6.07, 6.45) is 0.256. The zero-order valence-corrected chi connectivity index (χ0v) is 14.2. The minimum atomic E-state index is -0.372. The number of hydrogen-bond acceptors (Lipinski definition) is 4. The highest BCUT2D eigenvalue weighted by Gasteiger charge is 2.31. The van der Waals surface area contributed by atoms with Crippen LogP contribution in [-0.2, 0) is 4.79 Å². The molecule has 2 N–H and O–H groups in total. The molecule has 2 aromatic rings. The summed E-state index contributed by atoms with van der Waals surface area (Å²) in [5.41, 5.74) is 1.58. The SMILES string of the molecule is COc1cccc(N2C[C@H](NC(=O)Nc3cccc(C)n3)CC2=O)c1. The van der Waals surface area contributed by atoms with E-state index in [1.54, 1.807) is 24.1 Å². The summed E-state index contributed by atoms with van der Waals surface area (Å²) in [7, 11) is 1.58. The number of hydrogen-bond donors (Lipinski definition) is 2. The topological polar surface area (TPSA) is 83.6 Å². The Labute approximate surface area is 146 Å². The van der Waals surface area contributed by atoms with Crippen LogP contribution in [0.5, 0.6) is 5.75 Å². The molecule has 3 amide bonds. The van der Waals surface area contributed by atoms with E-state index >= 15 is 0 Å². The lowest BCUT2D eigenvalue weighted by molar-refractivity contribution is -0.117. The van der Waals surface area contributed by atoms with E-state index in [4.69, 9.17) is 4.74 Å². The van der Waals surface area contributed by atoms with Crippen LogP contribution in [0, 0.1) is 6.92 Å². The van der Waals surface area contributed by atoms with Crippen LogP contribution in [0.3, 0.4) is 0 Å². The molecule has 1 saturated heterocycles. The molecule has 1 aliphatic heterocycles. The van der Waals surface area contributed by atoms with E-state index in [1.807, 2.05) is 37.3 Å². The highest BCUT2D eigenvalue weighted by Crippen LogP contribution is 2.25. The van der Waals surface area contributed by atoms with E-state index in [0.29, 0.717) is 18.1 Å². The fraction of sp³-hybridized carbons (Fsp3) is 0.278. The van der Waals surface area contributed by atoms with Crippen LogP contribution in [0.25, 0.3) is 0 Å². The zero-order chi connectivity index (χ0) is 17.8. The largest absolute Gasteiger partial charge is 0.497 e. The summed E-state index contributed by atoms with van der Waals surface area (Å²) < 4.78 is 5.19. The summed E-state index contributed by atoms with van der Waals surface area (Å²) in [5, 5.41) is 5.51. The van der Waals surface area contributed by atoms with Gasteiger partial charge in [0.25, 0.3) is 0 Å². The highest BCUT2D eigenvalue weighted by molar-refractivity contribution is 5.97. The number of methoxy groups -OCH3 is 1. The second kappa shape index (κ2) is 7.21. The van der Waals surface area contributed by atoms with Crippen molar-refractivity contribution in [2.75, 3.05) is 23.9 Å². The molecule has 1 aliphatic rings. The predicted molar refractivity (Wildman–Crippen MR) is 94.9 cm³/mol. The standard InChI is InChI=1S/C18H20N4O3/c1-12-5-3-8-16(19-12)21-18(24)20-13-9-17(23)22(11-13)14-6-4-7-15(10-14)25-2/h3-8,10,13H,9,11H2,1-2H3,(H2,19,20,21,24)/t13-/m1/s1. The van der Waals surface area contributed by atoms with Crippen molar-refractivity contribution in [1.29, 1.82) is 0 Å². The molecule has 0 unspecified atom stereocenters. The van der Waals surface area contributed by atoms with E-state index in [0.717, 1.165) is 11.4 Å². The Balaban J connectivity index is 1.61. The summed E-state index contributed by atoms with van der Waals surface area (Å²) in [5.74, 6) is 1.13. The second-order valence-electron chi connectivity index (χ2n) is 5.87. The number of carbonyl (C=O) groups excluding carboxylic acids is 2. The number of anilines is 2. The second-order valence-corrected chi connectivity index (χ2v) is 5.87. The number of ether oxygens (including phenoxy) is 1. The lowest BCUT2D eigenvalue weighted by Gasteiger charge is -2.18. The molecule has 0 spiro atoms. The highest BCUT2D eigenvalue weighted by atomic mass is 16.5. The molecular weight excluding hydrogens is 320 g/mol. The minimum absolute atomic E-state index is 0.0350. The lowest BCUT2D eigenvalue weighted by Crippen LogP contribution is -2.39. The molecule has 130 valence electrons. The van der Waals surface area contributed by atoms with Crippen LogP contribution in [0.4, 0.5) is 16.3 Å². The summed E-state index contributed by atoms with van der Waals surface area (Å²) in [6.45, 7) is 2.27. The summed E-state index contributed by atoms with van der Waals surface area (Å²) in [4.78, 5) is 30.3. The molecule has 7 nitrogen and oxygen atoms in total. The predicted octanol–water partition coefficient (Wildman–Crippen LogP) is 2.33. The first kappa shape index (κ1) is 16.8. The molecule has 0 aliphatic carbocycles. The minimum Gasteiger partial charge on any atom is -0.497 e. The van der Waals surface area contributed by atoms with Crippen LogP contribution < -0.4 is 20.3 Å². The van der Waals surface area contributed by atoms with Crippen LogP contribution in [-0.4, -0.2) is 36.6 Å². The van der Waals surface area contributed by atoms with E-state index in [2.05, 4.69) is 15.6 Å². The number of carbonyl (C=O) groups is 2. The van der Waals surface area contributed by atoms with Crippen molar-refractivity contribution >= 4 is 23.4 Å². The van der Waals surface area contributed by atoms with E-state index in [1.165, 1.54) is 0 Å². The Morgan fingerprint density at radius 3 is 2.84 bits per heavy atom. The fourth-order valence-corrected chi connectivity index (χ4v) is 2.78. The van der Waals surface area contributed by atoms with Gasteiger partial charge in [-0.05, 0) is 31.2 Å². The molecule has 25 heavy (non-hydrogen) atoms. The quantitative estimate of drug-likeness (QED) is 0.895. The van der Waals surface area contributed by atoms with E-state index in [-0.39, 0.29) is 24.4 Å². The Hall–Kier alpha value is -3.09. The van der Waals surface area contributed by atoms with Gasteiger partial charge in [0.2, 0.25) is 5.91 Å². The van der Waals surface area contributed by atoms with Crippen LogP contribution in [0.2, 0.25) is 0 Å². The van der Waals surface area contributed by atoms with Crippen molar-refractivity contribution in [3.63, 3.8) is 0 Å². The normalized spacial score (nSPS) is 16.6. The molecule has 1 atom stereocenters. The van der Waals surface area contributed by atoms with Gasteiger partial charge in [0.05, 0.1) is 13.2 Å². The number of benzene rings is 1. The fourth-order valence-electron chi connectivity index (χ4n) is 2.78. The van der Waals surface area contributed by atoms with Gasteiger partial charge >= 0.3 is 6.03 Å². The van der Waals surface area contributed by atoms with Crippen LogP contribution >= 0.6 is 0 Å². The maximum absolute atomic E-state index is 12.3. The Morgan fingerprint density at radius 2 is 2.08 bits per heavy atom. The molecule has 2 heterocycles. The van der Waals surface area contributed by atoms with Crippen molar-refractivity contribution in [2.45, 2.75) is 19.4 Å². The molecule has 0 saturated carbocycles. The number of nitrogens with zero attached hydrogens (tertiary/aromatic N) is 2. The van der Waals surface area contributed by atoms with Gasteiger partial charge < -0.3 is 15.0 Å². The third-order valence-corrected chi connectivity index (χ3v) is 3.96. The van der Waals surface area contributed by atoms with E-state index < -0.39 is 0 Å². The summed E-state index contributed by atoms with van der Waals surface area (Å²) >= 11 is 0. The third kappa shape index (κ3) is 4.06. The number of amides is 3. The van der Waals surface area contributed by atoms with Crippen molar-refractivity contribution < 1.29 is 14.3 Å². The molecule has 7 heteroatoms. The van der Waals surface area contributed by atoms with Gasteiger partial charge in [-0.3, -0.25) is 10.1 Å². The molecule has 1 aromatic heterocycles. The van der Waals surface area contributed by atoms with E-state index in [9.17, 15) is 9.59 Å². The maximum atomic E-state index is 12.3. The number of aryl methyl sites for hydroxylation is 1. The van der Waals surface area contributed by atoms with Crippen molar-refractivity contribution in [2.24, 2.45) is 0 Å². The van der Waals surface area contributed by atoms with Gasteiger partial charge in [0, 0.05) is 30.4 Å². The maximum Gasteiger partial charge on any atom is 0.320 e. The number of aromatic nitrogens is 1. The average Bonchev–Trinajstić information content (AvgIpc) is 2.95. The first-order valence-electron chi connectivity index (χ1n) is 8.01. The number of pyridine rings is 1. The Kier molecular flexibility index (Phi) is 4.83. The van der Waals surface area contributed by atoms with Crippen molar-refractivity contribution in [3.05, 3.63) is 48.2 Å². The van der Waals surface area contributed by atoms with Gasteiger partial charge in [-0.25, -0.2) is 9.78 Å². The van der Waals surface area contributed by atoms with Gasteiger partial charge in [-0.1, -0.05) is 12.1 Å². The number of nitrogens with one attached hydrogen (secondary N) is 2. The van der Waals surface area contributed by atoms with Gasteiger partial charge in [0.1, 0.15) is 11.6 Å².